The number of rotatable bonds is 5. The van der Waals surface area contributed by atoms with E-state index < -0.39 is 10.8 Å². The third-order valence-corrected chi connectivity index (χ3v) is 5.18. The Morgan fingerprint density at radius 3 is 2.79 bits per heavy atom. The number of thiazole rings is 1. The van der Waals surface area contributed by atoms with Crippen molar-refractivity contribution in [3.63, 3.8) is 0 Å². The molecule has 0 aliphatic rings. The minimum Gasteiger partial charge on any atom is -0.482 e. The van der Waals surface area contributed by atoms with E-state index in [0.29, 0.717) is 25.8 Å². The molecule has 7 nitrogen and oxygen atoms in total. The van der Waals surface area contributed by atoms with Gasteiger partial charge in [-0.2, -0.15) is 4.99 Å². The smallest absolute Gasteiger partial charge is 0.286 e. The SMILES string of the molecule is C#CCn1c(=NC(=O)COc2ccc(Cl)cc2Cl)sc2ccc([N+](=O)[O-])cc21. The fraction of sp³-hybridized carbons (Fsp3) is 0.111. The summed E-state index contributed by atoms with van der Waals surface area (Å²) in [5.74, 6) is 2.21. The normalized spacial score (nSPS) is 11.4. The molecule has 28 heavy (non-hydrogen) atoms. The molecule has 0 saturated carbocycles. The quantitative estimate of drug-likeness (QED) is 0.343. The lowest BCUT2D eigenvalue weighted by atomic mass is 10.3. The van der Waals surface area contributed by atoms with Gasteiger partial charge < -0.3 is 9.30 Å². The van der Waals surface area contributed by atoms with Crippen molar-refractivity contribution < 1.29 is 14.5 Å². The predicted octanol–water partition coefficient (Wildman–Crippen LogP) is 4.06. The van der Waals surface area contributed by atoms with Gasteiger partial charge in [-0.3, -0.25) is 14.9 Å². The van der Waals surface area contributed by atoms with Crippen molar-refractivity contribution in [2.45, 2.75) is 6.54 Å². The molecule has 1 amide bonds. The van der Waals surface area contributed by atoms with E-state index in [2.05, 4.69) is 10.9 Å². The van der Waals surface area contributed by atoms with Crippen LogP contribution in [0.25, 0.3) is 10.2 Å². The van der Waals surface area contributed by atoms with E-state index in [4.69, 9.17) is 34.4 Å². The molecule has 0 radical (unpaired) electrons. The van der Waals surface area contributed by atoms with Crippen molar-refractivity contribution >= 4 is 56.3 Å². The van der Waals surface area contributed by atoms with Gasteiger partial charge in [0, 0.05) is 17.2 Å². The van der Waals surface area contributed by atoms with Crippen LogP contribution >= 0.6 is 34.5 Å². The van der Waals surface area contributed by atoms with Crippen LogP contribution in [0, 0.1) is 22.5 Å². The number of benzene rings is 2. The predicted molar refractivity (Wildman–Crippen MR) is 108 cm³/mol. The van der Waals surface area contributed by atoms with E-state index in [1.807, 2.05) is 0 Å². The number of nitrogens with zero attached hydrogens (tertiary/aromatic N) is 3. The number of ether oxygens (including phenoxy) is 1. The Balaban J connectivity index is 1.91. The lowest BCUT2D eigenvalue weighted by molar-refractivity contribution is -0.384. The third kappa shape index (κ3) is 4.34. The highest BCUT2D eigenvalue weighted by Crippen LogP contribution is 2.27. The van der Waals surface area contributed by atoms with Crippen LogP contribution in [0.4, 0.5) is 5.69 Å². The number of halogens is 2. The zero-order chi connectivity index (χ0) is 20.3. The van der Waals surface area contributed by atoms with Crippen molar-refractivity contribution in [1.29, 1.82) is 0 Å². The number of non-ortho nitro benzene ring substituents is 1. The van der Waals surface area contributed by atoms with Gasteiger partial charge in [0.1, 0.15) is 5.75 Å². The zero-order valence-electron chi connectivity index (χ0n) is 14.1. The van der Waals surface area contributed by atoms with Crippen LogP contribution < -0.4 is 9.54 Å². The van der Waals surface area contributed by atoms with Gasteiger partial charge in [-0.1, -0.05) is 40.5 Å². The van der Waals surface area contributed by atoms with Gasteiger partial charge in [0.25, 0.3) is 11.6 Å². The summed E-state index contributed by atoms with van der Waals surface area (Å²) in [5, 5.41) is 11.7. The lowest BCUT2D eigenvalue weighted by Gasteiger charge is -2.05. The number of fused-ring (bicyclic) bond motifs is 1. The molecule has 1 aromatic heterocycles. The van der Waals surface area contributed by atoms with Crippen molar-refractivity contribution in [2.75, 3.05) is 6.61 Å². The molecule has 3 aromatic rings. The number of hydrogen-bond donors (Lipinski definition) is 0. The Hall–Kier alpha value is -2.86. The van der Waals surface area contributed by atoms with E-state index in [-0.39, 0.29) is 23.9 Å². The number of carbonyl (C=O) groups is 1. The molecule has 0 N–H and O–H groups in total. The minimum atomic E-state index is -0.558. The average molecular weight is 436 g/mol. The van der Waals surface area contributed by atoms with E-state index in [1.165, 1.54) is 29.5 Å². The molecular weight excluding hydrogens is 425 g/mol. The van der Waals surface area contributed by atoms with Crippen LogP contribution in [0.3, 0.4) is 0 Å². The van der Waals surface area contributed by atoms with Crippen molar-refractivity contribution in [2.24, 2.45) is 4.99 Å². The number of amides is 1. The maximum Gasteiger partial charge on any atom is 0.286 e. The first-order chi connectivity index (χ1) is 13.4. The molecule has 0 fully saturated rings. The average Bonchev–Trinajstić information content (AvgIpc) is 2.97. The van der Waals surface area contributed by atoms with Gasteiger partial charge in [0.05, 0.1) is 26.7 Å². The maximum absolute atomic E-state index is 12.2. The fourth-order valence-electron chi connectivity index (χ4n) is 2.37. The van der Waals surface area contributed by atoms with Crippen LogP contribution in [0.5, 0.6) is 5.75 Å². The number of terminal acetylenes is 1. The Kier molecular flexibility index (Phi) is 5.99. The second-order valence-electron chi connectivity index (χ2n) is 5.45. The zero-order valence-corrected chi connectivity index (χ0v) is 16.4. The largest absolute Gasteiger partial charge is 0.482 e. The van der Waals surface area contributed by atoms with E-state index >= 15 is 0 Å². The Morgan fingerprint density at radius 2 is 2.11 bits per heavy atom. The number of aromatic nitrogens is 1. The van der Waals surface area contributed by atoms with Crippen LogP contribution in [-0.4, -0.2) is 22.0 Å². The Bertz CT molecular complexity index is 1190. The van der Waals surface area contributed by atoms with Crippen LogP contribution in [0.1, 0.15) is 0 Å². The standard InChI is InChI=1S/C18H11Cl2N3O4S/c1-2-7-22-14-9-12(23(25)26)4-6-16(14)28-18(22)21-17(24)10-27-15-5-3-11(19)8-13(15)20/h1,3-6,8-9H,7,10H2. The molecule has 3 rings (SSSR count). The first-order valence-corrected chi connectivity index (χ1v) is 9.33. The van der Waals surface area contributed by atoms with Gasteiger partial charge in [0.15, 0.2) is 11.4 Å². The highest BCUT2D eigenvalue weighted by molar-refractivity contribution is 7.16. The topological polar surface area (TPSA) is 86.7 Å². The van der Waals surface area contributed by atoms with E-state index in [1.54, 1.807) is 22.8 Å². The molecule has 0 atom stereocenters. The third-order valence-electron chi connectivity index (χ3n) is 3.59. The highest BCUT2D eigenvalue weighted by Gasteiger charge is 2.13. The Labute approximate surface area is 172 Å². The van der Waals surface area contributed by atoms with E-state index in [0.717, 1.165) is 0 Å². The first kappa shape index (κ1) is 19.9. The Morgan fingerprint density at radius 1 is 1.32 bits per heavy atom. The highest BCUT2D eigenvalue weighted by atomic mass is 35.5. The summed E-state index contributed by atoms with van der Waals surface area (Å²) in [5.41, 5.74) is 0.458. The van der Waals surface area contributed by atoms with Crippen molar-refractivity contribution in [3.05, 3.63) is 61.4 Å². The van der Waals surface area contributed by atoms with Gasteiger partial charge in [-0.25, -0.2) is 0 Å². The summed E-state index contributed by atoms with van der Waals surface area (Å²) in [6.45, 7) is -0.233. The number of nitro benzene ring substituents is 1. The summed E-state index contributed by atoms with van der Waals surface area (Å²) in [4.78, 5) is 27.1. The first-order valence-electron chi connectivity index (χ1n) is 7.75. The summed E-state index contributed by atoms with van der Waals surface area (Å²) in [6, 6.07) is 9.02. The minimum absolute atomic E-state index is 0.0744. The molecule has 0 aliphatic heterocycles. The monoisotopic (exact) mass is 435 g/mol. The summed E-state index contributed by atoms with van der Waals surface area (Å²) in [7, 11) is 0. The molecule has 10 heteroatoms. The number of hydrogen-bond acceptors (Lipinski definition) is 5. The summed E-state index contributed by atoms with van der Waals surface area (Å²) < 4.78 is 7.67. The second-order valence-corrected chi connectivity index (χ2v) is 7.31. The molecule has 2 aromatic carbocycles. The number of nitro groups is 1. The van der Waals surface area contributed by atoms with Crippen LogP contribution in [-0.2, 0) is 11.3 Å². The molecule has 0 bridgehead atoms. The van der Waals surface area contributed by atoms with Crippen LogP contribution in [0.2, 0.25) is 10.0 Å². The molecule has 0 spiro atoms. The van der Waals surface area contributed by atoms with E-state index in [9.17, 15) is 14.9 Å². The van der Waals surface area contributed by atoms with Gasteiger partial charge >= 0.3 is 0 Å². The van der Waals surface area contributed by atoms with Crippen molar-refractivity contribution in [3.8, 4) is 18.1 Å². The number of carbonyl (C=O) groups excluding carboxylic acids is 1. The molecule has 0 saturated heterocycles. The summed E-state index contributed by atoms with van der Waals surface area (Å²) in [6.07, 6.45) is 5.40. The fourth-order valence-corrected chi connectivity index (χ4v) is 3.86. The second kappa shape index (κ2) is 8.44. The molecule has 0 unspecified atom stereocenters. The molecule has 1 heterocycles. The van der Waals surface area contributed by atoms with Crippen LogP contribution in [0.15, 0.2) is 41.4 Å². The van der Waals surface area contributed by atoms with Gasteiger partial charge in [-0.05, 0) is 24.3 Å². The van der Waals surface area contributed by atoms with Gasteiger partial charge in [0.2, 0.25) is 0 Å². The maximum atomic E-state index is 12.2. The summed E-state index contributed by atoms with van der Waals surface area (Å²) >= 11 is 13.0. The lowest BCUT2D eigenvalue weighted by Crippen LogP contribution is -2.19. The molecule has 0 aliphatic carbocycles. The molecular formula is C18H11Cl2N3O4S. The molecule has 142 valence electrons. The van der Waals surface area contributed by atoms with Gasteiger partial charge in [-0.15, -0.1) is 6.42 Å². The van der Waals surface area contributed by atoms with Crippen molar-refractivity contribution in [1.82, 2.24) is 4.57 Å².